The first-order valence-electron chi connectivity index (χ1n) is 5.44. The fourth-order valence-electron chi connectivity index (χ4n) is 1.84. The molecule has 16 heavy (non-hydrogen) atoms. The Morgan fingerprint density at radius 2 is 2.44 bits per heavy atom. The maximum Gasteiger partial charge on any atom is 0.123 e. The van der Waals surface area contributed by atoms with Crippen LogP contribution < -0.4 is 10.1 Å². The molecule has 0 saturated heterocycles. The number of rotatable bonds is 5. The average molecular weight is 258 g/mol. The van der Waals surface area contributed by atoms with Gasteiger partial charge in [0.05, 0.1) is 0 Å². The second-order valence-electron chi connectivity index (χ2n) is 3.89. The first-order chi connectivity index (χ1) is 7.79. The molecule has 1 unspecified atom stereocenters. The molecule has 0 bridgehead atoms. The maximum atomic E-state index is 5.94. The highest BCUT2D eigenvalue weighted by atomic mass is 35.5. The van der Waals surface area contributed by atoms with Crippen LogP contribution in [-0.2, 0) is 6.42 Å². The highest BCUT2D eigenvalue weighted by molar-refractivity contribution is 7.98. The van der Waals surface area contributed by atoms with Crippen molar-refractivity contribution in [2.45, 2.75) is 12.5 Å². The fourth-order valence-corrected chi connectivity index (χ4v) is 2.38. The third-order valence-electron chi connectivity index (χ3n) is 2.62. The van der Waals surface area contributed by atoms with Crippen molar-refractivity contribution >= 4 is 23.4 Å². The first-order valence-corrected chi connectivity index (χ1v) is 7.21. The highest BCUT2D eigenvalue weighted by Crippen LogP contribution is 2.30. The molecule has 0 radical (unpaired) electrons. The van der Waals surface area contributed by atoms with Gasteiger partial charge in [0.1, 0.15) is 11.9 Å². The van der Waals surface area contributed by atoms with Crippen LogP contribution in [0.15, 0.2) is 18.2 Å². The van der Waals surface area contributed by atoms with Crippen molar-refractivity contribution in [2.75, 3.05) is 25.1 Å². The number of ether oxygens (including phenoxy) is 1. The van der Waals surface area contributed by atoms with Gasteiger partial charge in [0.15, 0.2) is 0 Å². The monoisotopic (exact) mass is 257 g/mol. The van der Waals surface area contributed by atoms with Gasteiger partial charge in [0.25, 0.3) is 0 Å². The van der Waals surface area contributed by atoms with Crippen LogP contribution >= 0.6 is 23.4 Å². The van der Waals surface area contributed by atoms with Crippen LogP contribution in [0.5, 0.6) is 5.75 Å². The topological polar surface area (TPSA) is 21.3 Å². The molecule has 2 nitrogen and oxygen atoms in total. The molecule has 0 amide bonds. The summed E-state index contributed by atoms with van der Waals surface area (Å²) in [5, 5.41) is 4.19. The number of thioether (sulfide) groups is 1. The van der Waals surface area contributed by atoms with E-state index in [9.17, 15) is 0 Å². The molecular weight excluding hydrogens is 242 g/mol. The van der Waals surface area contributed by atoms with Gasteiger partial charge in [-0.25, -0.2) is 0 Å². The molecule has 1 atom stereocenters. The summed E-state index contributed by atoms with van der Waals surface area (Å²) < 4.78 is 5.81. The zero-order valence-electron chi connectivity index (χ0n) is 9.33. The van der Waals surface area contributed by atoms with Crippen molar-refractivity contribution in [1.29, 1.82) is 0 Å². The van der Waals surface area contributed by atoms with Crippen molar-refractivity contribution in [3.8, 4) is 5.75 Å². The van der Waals surface area contributed by atoms with Crippen LogP contribution in [0.1, 0.15) is 5.56 Å². The zero-order chi connectivity index (χ0) is 11.4. The number of nitrogens with one attached hydrogen (secondary N) is 1. The van der Waals surface area contributed by atoms with E-state index in [1.165, 1.54) is 5.56 Å². The van der Waals surface area contributed by atoms with Crippen molar-refractivity contribution in [3.05, 3.63) is 28.8 Å². The van der Waals surface area contributed by atoms with E-state index in [2.05, 4.69) is 11.6 Å². The molecule has 0 saturated carbocycles. The highest BCUT2D eigenvalue weighted by Gasteiger charge is 2.22. The van der Waals surface area contributed by atoms with Gasteiger partial charge in [-0.05, 0) is 30.0 Å². The molecule has 0 fully saturated rings. The minimum Gasteiger partial charge on any atom is -0.488 e. The Hall–Kier alpha value is -0.380. The van der Waals surface area contributed by atoms with Gasteiger partial charge in [-0.2, -0.15) is 11.8 Å². The smallest absolute Gasteiger partial charge is 0.123 e. The summed E-state index contributed by atoms with van der Waals surface area (Å²) in [6.07, 6.45) is 3.34. The predicted octanol–water partition coefficient (Wildman–Crippen LogP) is 2.60. The largest absolute Gasteiger partial charge is 0.488 e. The van der Waals surface area contributed by atoms with Gasteiger partial charge in [-0.15, -0.1) is 0 Å². The van der Waals surface area contributed by atoms with E-state index in [-0.39, 0.29) is 6.10 Å². The summed E-state index contributed by atoms with van der Waals surface area (Å²) in [7, 11) is 0. The van der Waals surface area contributed by atoms with Crippen LogP contribution in [0.4, 0.5) is 0 Å². The Labute approximate surface area is 106 Å². The van der Waals surface area contributed by atoms with Gasteiger partial charge in [-0.1, -0.05) is 11.6 Å². The lowest BCUT2D eigenvalue weighted by atomic mass is 10.1. The Morgan fingerprint density at radius 3 is 3.25 bits per heavy atom. The Bertz CT molecular complexity index is 359. The van der Waals surface area contributed by atoms with Crippen molar-refractivity contribution in [2.24, 2.45) is 0 Å². The second-order valence-corrected chi connectivity index (χ2v) is 5.31. The van der Waals surface area contributed by atoms with E-state index in [0.717, 1.165) is 36.0 Å². The van der Waals surface area contributed by atoms with E-state index in [4.69, 9.17) is 16.3 Å². The van der Waals surface area contributed by atoms with E-state index in [1.54, 1.807) is 0 Å². The molecule has 0 aromatic heterocycles. The molecule has 2 rings (SSSR count). The van der Waals surface area contributed by atoms with Gasteiger partial charge >= 0.3 is 0 Å². The third-order valence-corrected chi connectivity index (χ3v) is 3.47. The molecule has 0 spiro atoms. The van der Waals surface area contributed by atoms with Gasteiger partial charge in [0.2, 0.25) is 0 Å². The number of benzene rings is 1. The summed E-state index contributed by atoms with van der Waals surface area (Å²) in [5.41, 5.74) is 1.23. The fraction of sp³-hybridized carbons (Fsp3) is 0.500. The number of hydrogen-bond donors (Lipinski definition) is 1. The van der Waals surface area contributed by atoms with Gasteiger partial charge < -0.3 is 10.1 Å². The van der Waals surface area contributed by atoms with Gasteiger partial charge in [0, 0.05) is 30.3 Å². The number of halogens is 1. The van der Waals surface area contributed by atoms with E-state index in [0.29, 0.717) is 0 Å². The Morgan fingerprint density at radius 1 is 1.56 bits per heavy atom. The molecule has 1 aliphatic rings. The Kier molecular flexibility index (Phi) is 4.38. The third kappa shape index (κ3) is 3.06. The van der Waals surface area contributed by atoms with Crippen LogP contribution in [-0.4, -0.2) is 31.2 Å². The van der Waals surface area contributed by atoms with Crippen LogP contribution in [0.2, 0.25) is 5.02 Å². The molecule has 1 aliphatic heterocycles. The second kappa shape index (κ2) is 5.80. The van der Waals surface area contributed by atoms with Crippen molar-refractivity contribution in [3.63, 3.8) is 0 Å². The minimum atomic E-state index is 0.260. The Balaban J connectivity index is 1.81. The lowest BCUT2D eigenvalue weighted by Gasteiger charge is -2.11. The van der Waals surface area contributed by atoms with Crippen molar-refractivity contribution in [1.82, 2.24) is 5.32 Å². The lowest BCUT2D eigenvalue weighted by molar-refractivity contribution is 0.229. The van der Waals surface area contributed by atoms with Crippen LogP contribution in [0.25, 0.3) is 0 Å². The minimum absolute atomic E-state index is 0.260. The summed E-state index contributed by atoms with van der Waals surface area (Å²) in [4.78, 5) is 0. The summed E-state index contributed by atoms with van der Waals surface area (Å²) in [5.74, 6) is 2.13. The van der Waals surface area contributed by atoms with E-state index < -0.39 is 0 Å². The summed E-state index contributed by atoms with van der Waals surface area (Å²) >= 11 is 7.80. The summed E-state index contributed by atoms with van der Waals surface area (Å²) in [6.45, 7) is 1.95. The summed E-state index contributed by atoms with van der Waals surface area (Å²) in [6, 6.07) is 5.84. The van der Waals surface area contributed by atoms with E-state index in [1.807, 2.05) is 30.0 Å². The average Bonchev–Trinajstić information content (AvgIpc) is 2.66. The molecule has 4 heteroatoms. The van der Waals surface area contributed by atoms with Crippen molar-refractivity contribution < 1.29 is 4.74 Å². The van der Waals surface area contributed by atoms with E-state index >= 15 is 0 Å². The number of fused-ring (bicyclic) bond motifs is 1. The molecule has 1 aromatic rings. The molecular formula is C12H16ClNOS. The standard InChI is InChI=1S/C12H16ClNOS/c1-16-5-4-14-8-11-7-9-6-10(13)2-3-12(9)15-11/h2-3,6,11,14H,4-5,7-8H2,1H3. The maximum absolute atomic E-state index is 5.94. The first kappa shape index (κ1) is 12.1. The lowest BCUT2D eigenvalue weighted by Crippen LogP contribution is -2.31. The SMILES string of the molecule is CSCCNCC1Cc2cc(Cl)ccc2O1. The molecule has 88 valence electrons. The molecule has 1 heterocycles. The van der Waals surface area contributed by atoms with Gasteiger partial charge in [-0.3, -0.25) is 0 Å². The van der Waals surface area contributed by atoms with Crippen LogP contribution in [0, 0.1) is 0 Å². The number of hydrogen-bond acceptors (Lipinski definition) is 3. The van der Waals surface area contributed by atoms with Crippen LogP contribution in [0.3, 0.4) is 0 Å². The molecule has 1 N–H and O–H groups in total. The normalized spacial score (nSPS) is 18.2. The zero-order valence-corrected chi connectivity index (χ0v) is 10.9. The quantitative estimate of drug-likeness (QED) is 0.820. The molecule has 0 aliphatic carbocycles. The molecule has 1 aromatic carbocycles. The predicted molar refractivity (Wildman–Crippen MR) is 70.8 cm³/mol.